The quantitative estimate of drug-likeness (QED) is 0.454. The molecule has 1 aromatic rings. The summed E-state index contributed by atoms with van der Waals surface area (Å²) in [4.78, 5) is 36.9. The molecule has 0 bridgehead atoms. The minimum Gasteiger partial charge on any atom is -0.480 e. The first-order valence-corrected chi connectivity index (χ1v) is 10.4. The van der Waals surface area contributed by atoms with Gasteiger partial charge >= 0.3 is 5.97 Å². The lowest BCUT2D eigenvalue weighted by Crippen LogP contribution is -2.59. The summed E-state index contributed by atoms with van der Waals surface area (Å²) in [7, 11) is 0. The van der Waals surface area contributed by atoms with Crippen LogP contribution in [-0.4, -0.2) is 52.9 Å². The van der Waals surface area contributed by atoms with Crippen molar-refractivity contribution < 1.29 is 24.2 Å². The van der Waals surface area contributed by atoms with Crippen LogP contribution in [0.2, 0.25) is 0 Å². The summed E-state index contributed by atoms with van der Waals surface area (Å²) in [6, 6.07) is 8.44. The van der Waals surface area contributed by atoms with E-state index in [4.69, 9.17) is 4.74 Å². The molecule has 2 atom stereocenters. The predicted octanol–water partition coefficient (Wildman–Crippen LogP) is 1.81. The number of carboxylic acids is 1. The average molecular weight is 423 g/mol. The molecule has 0 saturated carbocycles. The number of carbonyl (C=O) groups excluding carboxylic acids is 2. The van der Waals surface area contributed by atoms with Crippen LogP contribution in [0.1, 0.15) is 38.7 Å². The van der Waals surface area contributed by atoms with Gasteiger partial charge in [0.15, 0.2) is 0 Å². The Balaban J connectivity index is 1.92. The maximum absolute atomic E-state index is 12.7. The fraction of sp³-hybridized carbons (Fsp3) is 0.571. The second-order valence-corrected chi connectivity index (χ2v) is 8.45. The van der Waals surface area contributed by atoms with E-state index in [9.17, 15) is 19.5 Å². The third-order valence-corrected chi connectivity index (χ3v) is 5.81. The fourth-order valence-electron chi connectivity index (χ4n) is 3.24. The van der Waals surface area contributed by atoms with E-state index in [1.54, 1.807) is 13.8 Å². The highest BCUT2D eigenvalue weighted by molar-refractivity contribution is 7.81. The van der Waals surface area contributed by atoms with E-state index in [-0.39, 0.29) is 18.2 Å². The highest BCUT2D eigenvalue weighted by Gasteiger charge is 2.36. The highest BCUT2D eigenvalue weighted by Crippen LogP contribution is 2.23. The number of nitrogens with one attached hydrogen (secondary N) is 2. The van der Waals surface area contributed by atoms with Crippen molar-refractivity contribution in [2.24, 2.45) is 5.92 Å². The summed E-state index contributed by atoms with van der Waals surface area (Å²) < 4.78 is 5.30. The maximum atomic E-state index is 12.7. The molecule has 160 valence electrons. The van der Waals surface area contributed by atoms with Gasteiger partial charge in [-0.2, -0.15) is 12.6 Å². The molecule has 0 spiro atoms. The molecule has 2 amide bonds. The summed E-state index contributed by atoms with van der Waals surface area (Å²) in [5, 5.41) is 14.2. The Kier molecular flexibility index (Phi) is 8.52. The van der Waals surface area contributed by atoms with Crippen LogP contribution in [0, 0.1) is 5.92 Å². The Bertz CT molecular complexity index is 704. The molecular formula is C21H30N2O5S. The van der Waals surface area contributed by atoms with Crippen LogP contribution in [-0.2, 0) is 25.5 Å². The molecule has 0 aromatic heterocycles. The number of carboxylic acid groups (broad SMARTS) is 1. The van der Waals surface area contributed by atoms with Crippen LogP contribution in [0.3, 0.4) is 0 Å². The van der Waals surface area contributed by atoms with Gasteiger partial charge in [-0.25, -0.2) is 4.79 Å². The molecule has 1 aromatic carbocycles. The van der Waals surface area contributed by atoms with Gasteiger partial charge in [0.1, 0.15) is 11.6 Å². The van der Waals surface area contributed by atoms with Gasteiger partial charge in [-0.05, 0) is 51.0 Å². The first kappa shape index (κ1) is 23.2. The monoisotopic (exact) mass is 422 g/mol. The number of carbonyl (C=O) groups is 3. The number of aryl methyl sites for hydroxylation is 1. The van der Waals surface area contributed by atoms with Crippen LogP contribution in [0.25, 0.3) is 0 Å². The molecule has 1 aliphatic rings. The topological polar surface area (TPSA) is 105 Å². The van der Waals surface area contributed by atoms with Crippen molar-refractivity contribution in [3.63, 3.8) is 0 Å². The normalized spacial score (nSPS) is 17.2. The van der Waals surface area contributed by atoms with Gasteiger partial charge in [-0.1, -0.05) is 30.3 Å². The smallest absolute Gasteiger partial charge is 0.326 e. The van der Waals surface area contributed by atoms with Crippen molar-refractivity contribution in [2.75, 3.05) is 13.2 Å². The molecule has 3 N–H and O–H groups in total. The van der Waals surface area contributed by atoms with Gasteiger partial charge < -0.3 is 20.5 Å². The SMILES string of the molecule is CC(C)(NC(=O)[C@@H](S)C1CCOCC1)C(=O)N[C@@H](CCc1ccccc1)C(=O)O. The standard InChI is InChI=1S/C21H30N2O5S/c1-21(2,23-18(24)17(29)15-10-12-28-13-11-15)20(27)22-16(19(25)26)9-8-14-6-4-3-5-7-14/h3-7,15-17,29H,8-13H2,1-2H3,(H,22,27)(H,23,24)(H,25,26)/t16-,17-/m0/s1. The van der Waals surface area contributed by atoms with E-state index < -0.39 is 28.7 Å². The van der Waals surface area contributed by atoms with Crippen molar-refractivity contribution in [1.29, 1.82) is 0 Å². The average Bonchev–Trinajstić information content (AvgIpc) is 2.71. The van der Waals surface area contributed by atoms with Crippen LogP contribution < -0.4 is 10.6 Å². The van der Waals surface area contributed by atoms with Crippen LogP contribution in [0.4, 0.5) is 0 Å². The van der Waals surface area contributed by atoms with E-state index in [1.807, 2.05) is 30.3 Å². The van der Waals surface area contributed by atoms with E-state index in [2.05, 4.69) is 23.3 Å². The summed E-state index contributed by atoms with van der Waals surface area (Å²) in [6.07, 6.45) is 2.27. The van der Waals surface area contributed by atoms with Crippen molar-refractivity contribution in [1.82, 2.24) is 10.6 Å². The lowest BCUT2D eigenvalue weighted by molar-refractivity contribution is -0.143. The number of rotatable bonds is 9. The summed E-state index contributed by atoms with van der Waals surface area (Å²) in [6.45, 7) is 4.31. The zero-order valence-corrected chi connectivity index (χ0v) is 17.8. The van der Waals surface area contributed by atoms with Crippen molar-refractivity contribution in [2.45, 2.75) is 56.4 Å². The summed E-state index contributed by atoms with van der Waals surface area (Å²) in [5.41, 5.74) is -0.265. The van der Waals surface area contributed by atoms with E-state index in [0.29, 0.717) is 19.6 Å². The Morgan fingerprint density at radius 3 is 2.41 bits per heavy atom. The van der Waals surface area contributed by atoms with E-state index in [1.165, 1.54) is 0 Å². The molecule has 1 fully saturated rings. The number of aliphatic carboxylic acids is 1. The predicted molar refractivity (Wildman–Crippen MR) is 113 cm³/mol. The molecular weight excluding hydrogens is 392 g/mol. The molecule has 1 heterocycles. The molecule has 1 saturated heterocycles. The molecule has 2 rings (SSSR count). The van der Waals surface area contributed by atoms with Crippen molar-refractivity contribution in [3.05, 3.63) is 35.9 Å². The number of hydrogen-bond acceptors (Lipinski definition) is 5. The minimum absolute atomic E-state index is 0.0867. The zero-order chi connectivity index (χ0) is 21.4. The Morgan fingerprint density at radius 2 is 1.83 bits per heavy atom. The van der Waals surface area contributed by atoms with E-state index in [0.717, 1.165) is 18.4 Å². The third kappa shape index (κ3) is 7.04. The highest BCUT2D eigenvalue weighted by atomic mass is 32.1. The Labute approximate surface area is 177 Å². The van der Waals surface area contributed by atoms with Crippen molar-refractivity contribution in [3.8, 4) is 0 Å². The third-order valence-electron chi connectivity index (χ3n) is 5.15. The van der Waals surface area contributed by atoms with Gasteiger partial charge in [0.2, 0.25) is 11.8 Å². The first-order chi connectivity index (χ1) is 13.7. The van der Waals surface area contributed by atoms with Crippen molar-refractivity contribution >= 4 is 30.4 Å². The van der Waals surface area contributed by atoms with Crippen LogP contribution >= 0.6 is 12.6 Å². The maximum Gasteiger partial charge on any atom is 0.326 e. The zero-order valence-electron chi connectivity index (χ0n) is 16.9. The second-order valence-electron chi connectivity index (χ2n) is 7.90. The van der Waals surface area contributed by atoms with Gasteiger partial charge in [0, 0.05) is 13.2 Å². The van der Waals surface area contributed by atoms with Gasteiger partial charge in [0.25, 0.3) is 0 Å². The van der Waals surface area contributed by atoms with Crippen LogP contribution in [0.15, 0.2) is 30.3 Å². The molecule has 0 radical (unpaired) electrons. The number of benzene rings is 1. The molecule has 29 heavy (non-hydrogen) atoms. The Morgan fingerprint density at radius 1 is 1.21 bits per heavy atom. The number of ether oxygens (including phenoxy) is 1. The lowest BCUT2D eigenvalue weighted by atomic mass is 9.94. The van der Waals surface area contributed by atoms with Gasteiger partial charge in [-0.3, -0.25) is 9.59 Å². The lowest BCUT2D eigenvalue weighted by Gasteiger charge is -2.31. The number of amides is 2. The number of hydrogen-bond donors (Lipinski definition) is 4. The summed E-state index contributed by atoms with van der Waals surface area (Å²) >= 11 is 4.43. The number of thiol groups is 1. The van der Waals surface area contributed by atoms with Gasteiger partial charge in [-0.15, -0.1) is 0 Å². The van der Waals surface area contributed by atoms with Crippen LogP contribution in [0.5, 0.6) is 0 Å². The molecule has 7 nitrogen and oxygen atoms in total. The first-order valence-electron chi connectivity index (χ1n) is 9.86. The second kappa shape index (κ2) is 10.6. The minimum atomic E-state index is -1.26. The Hall–Kier alpha value is -2.06. The van der Waals surface area contributed by atoms with E-state index >= 15 is 0 Å². The summed E-state index contributed by atoms with van der Waals surface area (Å²) in [5.74, 6) is -1.90. The molecule has 1 aliphatic heterocycles. The molecule has 0 unspecified atom stereocenters. The molecule has 0 aliphatic carbocycles. The molecule has 8 heteroatoms. The largest absolute Gasteiger partial charge is 0.480 e. The van der Waals surface area contributed by atoms with Gasteiger partial charge in [0.05, 0.1) is 5.25 Å². The fourth-order valence-corrected chi connectivity index (χ4v) is 3.60.